The van der Waals surface area contributed by atoms with Gasteiger partial charge in [-0.3, -0.25) is 9.59 Å². The number of primary amides is 1. The number of amides is 2. The van der Waals surface area contributed by atoms with Gasteiger partial charge in [-0.15, -0.1) is 0 Å². The van der Waals surface area contributed by atoms with Gasteiger partial charge in [0.15, 0.2) is 0 Å². The molecule has 5 nitrogen and oxygen atoms in total. The average Bonchev–Trinajstić information content (AvgIpc) is 3.40. The van der Waals surface area contributed by atoms with Crippen LogP contribution in [0.15, 0.2) is 48.5 Å². The van der Waals surface area contributed by atoms with Crippen molar-refractivity contribution in [2.75, 3.05) is 20.2 Å². The van der Waals surface area contributed by atoms with Crippen LogP contribution in [-0.2, 0) is 16.6 Å². The first kappa shape index (κ1) is 18.5. The Hall–Kier alpha value is -2.82. The van der Waals surface area contributed by atoms with E-state index in [1.54, 1.807) is 13.2 Å². The van der Waals surface area contributed by atoms with Crippen molar-refractivity contribution in [3.05, 3.63) is 65.2 Å². The van der Waals surface area contributed by atoms with Crippen LogP contribution in [0.3, 0.4) is 0 Å². The molecule has 2 aliphatic rings. The van der Waals surface area contributed by atoms with Gasteiger partial charge in [0.2, 0.25) is 11.8 Å². The van der Waals surface area contributed by atoms with E-state index in [9.17, 15) is 9.59 Å². The smallest absolute Gasteiger partial charge is 0.248 e. The predicted molar refractivity (Wildman–Crippen MR) is 107 cm³/mol. The minimum atomic E-state index is -0.403. The van der Waals surface area contributed by atoms with Gasteiger partial charge in [-0.2, -0.15) is 0 Å². The van der Waals surface area contributed by atoms with Crippen LogP contribution in [0, 0.1) is 5.92 Å². The number of nitrogens with two attached hydrogens (primary N) is 1. The van der Waals surface area contributed by atoms with Gasteiger partial charge < -0.3 is 15.4 Å². The van der Waals surface area contributed by atoms with Crippen LogP contribution in [0.25, 0.3) is 0 Å². The Morgan fingerprint density at radius 1 is 1.18 bits per heavy atom. The quantitative estimate of drug-likeness (QED) is 0.840. The number of carbonyl (C=O) groups is 2. The number of hydrogen-bond acceptors (Lipinski definition) is 3. The van der Waals surface area contributed by atoms with Crippen LogP contribution in [-0.4, -0.2) is 36.9 Å². The van der Waals surface area contributed by atoms with E-state index < -0.39 is 5.91 Å². The second-order valence-electron chi connectivity index (χ2n) is 7.99. The Bertz CT molecular complexity index is 887. The zero-order valence-corrected chi connectivity index (χ0v) is 16.2. The SMILES string of the molecule is COc1ccc(C2(C(=O)N3CC[C@H](Cc4cccc(C(N)=O)c4)C3)CC2)cc1. The van der Waals surface area contributed by atoms with Gasteiger partial charge in [-0.1, -0.05) is 24.3 Å². The second-order valence-corrected chi connectivity index (χ2v) is 7.99. The minimum absolute atomic E-state index is 0.256. The largest absolute Gasteiger partial charge is 0.497 e. The average molecular weight is 378 g/mol. The number of benzene rings is 2. The van der Waals surface area contributed by atoms with E-state index in [1.165, 1.54) is 0 Å². The van der Waals surface area contributed by atoms with Crippen LogP contribution in [0.5, 0.6) is 5.75 Å². The molecule has 2 aromatic carbocycles. The van der Waals surface area contributed by atoms with Crippen molar-refractivity contribution < 1.29 is 14.3 Å². The topological polar surface area (TPSA) is 72.6 Å². The Kier molecular flexibility index (Phi) is 4.84. The predicted octanol–water partition coefficient (Wildman–Crippen LogP) is 2.92. The molecule has 1 saturated heterocycles. The summed E-state index contributed by atoms with van der Waals surface area (Å²) in [5.41, 5.74) is 7.78. The number of methoxy groups -OCH3 is 1. The molecule has 4 rings (SSSR count). The van der Waals surface area contributed by atoms with Gasteiger partial charge in [-0.05, 0) is 67.0 Å². The lowest BCUT2D eigenvalue weighted by molar-refractivity contribution is -0.133. The van der Waals surface area contributed by atoms with Crippen LogP contribution in [0.4, 0.5) is 0 Å². The normalized spacial score (nSPS) is 20.0. The zero-order valence-electron chi connectivity index (χ0n) is 16.2. The van der Waals surface area contributed by atoms with E-state index >= 15 is 0 Å². The Morgan fingerprint density at radius 3 is 2.57 bits per heavy atom. The maximum atomic E-state index is 13.3. The van der Waals surface area contributed by atoms with E-state index in [4.69, 9.17) is 10.5 Å². The molecular weight excluding hydrogens is 352 g/mol. The highest BCUT2D eigenvalue weighted by Crippen LogP contribution is 2.50. The molecule has 1 aliphatic carbocycles. The Labute approximate surface area is 165 Å². The third kappa shape index (κ3) is 3.49. The fraction of sp³-hybridized carbons (Fsp3) is 0.391. The molecule has 0 bridgehead atoms. The van der Waals surface area contributed by atoms with Gasteiger partial charge in [0, 0.05) is 18.7 Å². The maximum absolute atomic E-state index is 13.3. The number of carbonyl (C=O) groups excluding carboxylic acids is 2. The van der Waals surface area contributed by atoms with Crippen molar-refractivity contribution in [2.24, 2.45) is 11.7 Å². The Morgan fingerprint density at radius 2 is 1.93 bits per heavy atom. The van der Waals surface area contributed by atoms with Gasteiger partial charge in [0.05, 0.1) is 12.5 Å². The molecule has 28 heavy (non-hydrogen) atoms. The fourth-order valence-corrected chi connectivity index (χ4v) is 4.33. The van der Waals surface area contributed by atoms with Crippen molar-refractivity contribution in [1.82, 2.24) is 4.90 Å². The minimum Gasteiger partial charge on any atom is -0.497 e. The highest BCUT2D eigenvalue weighted by molar-refractivity contribution is 5.93. The zero-order chi connectivity index (χ0) is 19.7. The molecule has 146 valence electrons. The van der Waals surface area contributed by atoms with E-state index in [2.05, 4.69) is 0 Å². The summed E-state index contributed by atoms with van der Waals surface area (Å²) in [4.78, 5) is 26.7. The van der Waals surface area contributed by atoms with Crippen LogP contribution in [0.2, 0.25) is 0 Å². The van der Waals surface area contributed by atoms with E-state index in [0.717, 1.165) is 55.6 Å². The summed E-state index contributed by atoms with van der Waals surface area (Å²) in [5, 5.41) is 0. The summed E-state index contributed by atoms with van der Waals surface area (Å²) in [6.45, 7) is 1.58. The lowest BCUT2D eigenvalue weighted by Gasteiger charge is -2.24. The number of hydrogen-bond donors (Lipinski definition) is 1. The first-order valence-corrected chi connectivity index (χ1v) is 9.84. The molecule has 0 radical (unpaired) electrons. The molecule has 0 unspecified atom stereocenters. The summed E-state index contributed by atoms with van der Waals surface area (Å²) >= 11 is 0. The molecule has 1 atom stereocenters. The van der Waals surface area contributed by atoms with E-state index in [0.29, 0.717) is 11.5 Å². The summed E-state index contributed by atoms with van der Waals surface area (Å²) in [6.07, 6.45) is 3.69. The lowest BCUT2D eigenvalue weighted by atomic mass is 9.94. The highest BCUT2D eigenvalue weighted by atomic mass is 16.5. The molecular formula is C23H26N2O3. The van der Waals surface area contributed by atoms with Gasteiger partial charge in [-0.25, -0.2) is 0 Å². The van der Waals surface area contributed by atoms with Crippen molar-refractivity contribution in [3.8, 4) is 5.75 Å². The monoisotopic (exact) mass is 378 g/mol. The van der Waals surface area contributed by atoms with Crippen molar-refractivity contribution in [1.29, 1.82) is 0 Å². The van der Waals surface area contributed by atoms with Gasteiger partial charge in [0.1, 0.15) is 5.75 Å². The number of rotatable bonds is 6. The number of nitrogens with zero attached hydrogens (tertiary/aromatic N) is 1. The Balaban J connectivity index is 1.41. The van der Waals surface area contributed by atoms with Crippen molar-refractivity contribution in [2.45, 2.75) is 31.1 Å². The third-order valence-corrected chi connectivity index (χ3v) is 6.11. The van der Waals surface area contributed by atoms with Crippen LogP contribution in [0.1, 0.15) is 40.7 Å². The van der Waals surface area contributed by atoms with Crippen molar-refractivity contribution in [3.63, 3.8) is 0 Å². The highest BCUT2D eigenvalue weighted by Gasteiger charge is 2.53. The second kappa shape index (κ2) is 7.30. The molecule has 2 aromatic rings. The van der Waals surface area contributed by atoms with E-state index in [1.807, 2.05) is 47.4 Å². The first-order chi connectivity index (χ1) is 13.5. The molecule has 2 fully saturated rings. The van der Waals surface area contributed by atoms with Crippen LogP contribution < -0.4 is 10.5 Å². The number of likely N-dealkylation sites (tertiary alicyclic amines) is 1. The maximum Gasteiger partial charge on any atom is 0.248 e. The first-order valence-electron chi connectivity index (χ1n) is 9.84. The molecule has 2 N–H and O–H groups in total. The fourth-order valence-electron chi connectivity index (χ4n) is 4.33. The summed E-state index contributed by atoms with van der Waals surface area (Å²) in [7, 11) is 1.65. The lowest BCUT2D eigenvalue weighted by Crippen LogP contribution is -2.38. The third-order valence-electron chi connectivity index (χ3n) is 6.11. The van der Waals surface area contributed by atoms with E-state index in [-0.39, 0.29) is 11.3 Å². The summed E-state index contributed by atoms with van der Waals surface area (Å²) < 4.78 is 5.23. The molecule has 1 aliphatic heterocycles. The summed E-state index contributed by atoms with van der Waals surface area (Å²) in [6, 6.07) is 15.4. The molecule has 2 amide bonds. The molecule has 1 saturated carbocycles. The van der Waals surface area contributed by atoms with Gasteiger partial charge in [0.25, 0.3) is 0 Å². The summed E-state index contributed by atoms with van der Waals surface area (Å²) in [5.74, 6) is 1.08. The van der Waals surface area contributed by atoms with Crippen molar-refractivity contribution >= 4 is 11.8 Å². The molecule has 1 heterocycles. The standard InChI is InChI=1S/C23H26N2O3/c1-28-20-7-5-19(6-8-20)23(10-11-23)22(27)25-12-9-17(15-25)13-16-3-2-4-18(14-16)21(24)26/h2-8,14,17H,9-13,15H2,1H3,(H2,24,26)/t17-/m1/s1. The molecule has 5 heteroatoms. The molecule has 0 spiro atoms. The molecule has 0 aromatic heterocycles. The number of ether oxygens (including phenoxy) is 1. The van der Waals surface area contributed by atoms with Gasteiger partial charge >= 0.3 is 0 Å². The van der Waals surface area contributed by atoms with Crippen LogP contribution >= 0.6 is 0 Å².